The van der Waals surface area contributed by atoms with Crippen molar-refractivity contribution in [2.24, 2.45) is 0 Å². The number of nitrogens with zero attached hydrogens (tertiary/aromatic N) is 1. The minimum absolute atomic E-state index is 0.106. The lowest BCUT2D eigenvalue weighted by atomic mass is 9.87. The highest BCUT2D eigenvalue weighted by atomic mass is 16.5. The van der Waals surface area contributed by atoms with Crippen LogP contribution in [0.15, 0.2) is 30.3 Å². The maximum atomic E-state index is 12.8. The third-order valence-corrected chi connectivity index (χ3v) is 3.79. The van der Waals surface area contributed by atoms with E-state index < -0.39 is 36.0 Å². The molecular formula is C16H19N3O5. The molecule has 5 amide bonds. The lowest BCUT2D eigenvalue weighted by Crippen LogP contribution is -2.45. The van der Waals surface area contributed by atoms with Crippen LogP contribution in [0.3, 0.4) is 0 Å². The first-order valence-electron chi connectivity index (χ1n) is 7.60. The number of carbonyl (C=O) groups excluding carboxylic acids is 4. The molecule has 128 valence electrons. The van der Waals surface area contributed by atoms with Crippen LogP contribution in [0.4, 0.5) is 9.59 Å². The van der Waals surface area contributed by atoms with E-state index in [0.29, 0.717) is 12.0 Å². The molecule has 1 aliphatic rings. The highest BCUT2D eigenvalue weighted by Gasteiger charge is 2.51. The number of hydrogen-bond acceptors (Lipinski definition) is 5. The molecule has 0 radical (unpaired) electrons. The number of hydrogen-bond donors (Lipinski definition) is 2. The number of rotatable bonds is 5. The van der Waals surface area contributed by atoms with Gasteiger partial charge in [0.2, 0.25) is 5.91 Å². The first kappa shape index (κ1) is 17.5. The Balaban J connectivity index is 2.16. The lowest BCUT2D eigenvalue weighted by Gasteiger charge is -2.25. The average molecular weight is 333 g/mol. The fourth-order valence-electron chi connectivity index (χ4n) is 2.60. The summed E-state index contributed by atoms with van der Waals surface area (Å²) >= 11 is 0. The quantitative estimate of drug-likeness (QED) is 0.786. The Morgan fingerprint density at radius 3 is 2.46 bits per heavy atom. The van der Waals surface area contributed by atoms with Crippen molar-refractivity contribution < 1.29 is 23.9 Å². The number of nitrogens with one attached hydrogen (secondary N) is 2. The van der Waals surface area contributed by atoms with Gasteiger partial charge in [-0.2, -0.15) is 0 Å². The van der Waals surface area contributed by atoms with Crippen LogP contribution in [0.25, 0.3) is 0 Å². The minimum Gasteiger partial charge on any atom is -0.450 e. The molecule has 0 aliphatic carbocycles. The number of benzene rings is 1. The fraction of sp³-hybridized carbons (Fsp3) is 0.375. The summed E-state index contributed by atoms with van der Waals surface area (Å²) in [6, 6.07) is 8.14. The maximum Gasteiger partial charge on any atom is 0.413 e. The molecule has 1 fully saturated rings. The van der Waals surface area contributed by atoms with Crippen molar-refractivity contribution in [3.05, 3.63) is 35.9 Å². The highest BCUT2D eigenvalue weighted by Crippen LogP contribution is 2.32. The van der Waals surface area contributed by atoms with Gasteiger partial charge in [0.15, 0.2) is 0 Å². The van der Waals surface area contributed by atoms with Gasteiger partial charge in [0, 0.05) is 0 Å². The van der Waals surface area contributed by atoms with E-state index in [2.05, 4.69) is 10.1 Å². The largest absolute Gasteiger partial charge is 0.450 e. The Labute approximate surface area is 139 Å². The predicted molar refractivity (Wildman–Crippen MR) is 83.8 cm³/mol. The zero-order valence-corrected chi connectivity index (χ0v) is 13.5. The van der Waals surface area contributed by atoms with Gasteiger partial charge in [-0.15, -0.1) is 0 Å². The van der Waals surface area contributed by atoms with Crippen LogP contribution in [0, 0.1) is 0 Å². The van der Waals surface area contributed by atoms with Gasteiger partial charge in [-0.1, -0.05) is 37.3 Å². The first-order valence-corrected chi connectivity index (χ1v) is 7.60. The normalized spacial score (nSPS) is 19.8. The van der Waals surface area contributed by atoms with E-state index in [9.17, 15) is 19.2 Å². The molecule has 0 aromatic heterocycles. The number of urea groups is 1. The molecule has 1 aromatic rings. The second-order valence-corrected chi connectivity index (χ2v) is 5.22. The van der Waals surface area contributed by atoms with E-state index in [0.717, 1.165) is 4.90 Å². The van der Waals surface area contributed by atoms with Crippen LogP contribution < -0.4 is 10.6 Å². The molecule has 24 heavy (non-hydrogen) atoms. The van der Waals surface area contributed by atoms with Crippen molar-refractivity contribution in [2.45, 2.75) is 25.8 Å². The molecular weight excluding hydrogens is 314 g/mol. The lowest BCUT2D eigenvalue weighted by molar-refractivity contribution is -0.135. The Hall–Kier alpha value is -2.90. The average Bonchev–Trinajstić information content (AvgIpc) is 2.81. The third-order valence-electron chi connectivity index (χ3n) is 3.79. The van der Waals surface area contributed by atoms with Gasteiger partial charge in [-0.05, 0) is 18.9 Å². The molecule has 8 nitrogen and oxygen atoms in total. The van der Waals surface area contributed by atoms with Gasteiger partial charge >= 0.3 is 12.1 Å². The van der Waals surface area contributed by atoms with E-state index >= 15 is 0 Å². The van der Waals surface area contributed by atoms with E-state index in [1.165, 1.54) is 0 Å². The van der Waals surface area contributed by atoms with Crippen LogP contribution in [0.5, 0.6) is 0 Å². The van der Waals surface area contributed by atoms with Gasteiger partial charge in [-0.3, -0.25) is 19.8 Å². The van der Waals surface area contributed by atoms with Crippen LogP contribution in [-0.4, -0.2) is 42.0 Å². The smallest absolute Gasteiger partial charge is 0.413 e. The van der Waals surface area contributed by atoms with Crippen molar-refractivity contribution in [1.29, 1.82) is 0 Å². The summed E-state index contributed by atoms with van der Waals surface area (Å²) in [6.45, 7) is 2.91. The van der Waals surface area contributed by atoms with Gasteiger partial charge in [-0.25, -0.2) is 9.59 Å². The van der Waals surface area contributed by atoms with Crippen molar-refractivity contribution in [1.82, 2.24) is 15.5 Å². The van der Waals surface area contributed by atoms with Gasteiger partial charge in [0.25, 0.3) is 5.91 Å². The Bertz CT molecular complexity index is 661. The summed E-state index contributed by atoms with van der Waals surface area (Å²) in [5, 5.41) is 4.62. The second kappa shape index (κ2) is 7.12. The van der Waals surface area contributed by atoms with Gasteiger partial charge in [0.05, 0.1) is 6.61 Å². The standard InChI is InChI=1S/C16H19N3O5/c1-3-16(11-8-6-5-7-9-11)13(21)19(14(22)18-16)10-12(20)17-15(23)24-4-2/h5-9H,3-4,10H2,1-2H3,(H,18,22)(H,17,20,23)/t16-/m0/s1. The molecule has 2 rings (SSSR count). The Morgan fingerprint density at radius 1 is 1.21 bits per heavy atom. The van der Waals surface area contributed by atoms with E-state index in [1.807, 2.05) is 5.32 Å². The minimum atomic E-state index is -1.21. The monoisotopic (exact) mass is 333 g/mol. The van der Waals surface area contributed by atoms with Crippen LogP contribution in [0.2, 0.25) is 0 Å². The van der Waals surface area contributed by atoms with Crippen molar-refractivity contribution in [3.63, 3.8) is 0 Å². The third kappa shape index (κ3) is 3.22. The molecule has 1 saturated heterocycles. The Kier molecular flexibility index (Phi) is 5.18. The molecule has 0 unspecified atom stereocenters. The van der Waals surface area contributed by atoms with Crippen LogP contribution >= 0.6 is 0 Å². The fourth-order valence-corrected chi connectivity index (χ4v) is 2.60. The summed E-state index contributed by atoms with van der Waals surface area (Å²) < 4.78 is 4.59. The zero-order chi connectivity index (χ0) is 17.7. The number of amides is 5. The molecule has 1 aliphatic heterocycles. The van der Waals surface area contributed by atoms with E-state index in [1.54, 1.807) is 44.2 Å². The molecule has 1 heterocycles. The maximum absolute atomic E-state index is 12.8. The number of alkyl carbamates (subject to hydrolysis) is 1. The molecule has 2 N–H and O–H groups in total. The summed E-state index contributed by atoms with van der Waals surface area (Å²) in [5.74, 6) is -1.32. The van der Waals surface area contributed by atoms with Gasteiger partial charge in [0.1, 0.15) is 12.1 Å². The van der Waals surface area contributed by atoms with Crippen molar-refractivity contribution >= 4 is 23.9 Å². The van der Waals surface area contributed by atoms with Crippen LogP contribution in [0.1, 0.15) is 25.8 Å². The molecule has 0 spiro atoms. The summed E-state index contributed by atoms with van der Waals surface area (Å²) in [5.41, 5.74) is -0.568. The van der Waals surface area contributed by atoms with Gasteiger partial charge < -0.3 is 10.1 Å². The second-order valence-electron chi connectivity index (χ2n) is 5.22. The molecule has 1 aromatic carbocycles. The SMILES string of the molecule is CCOC(=O)NC(=O)CN1C(=O)N[C@@](CC)(c2ccccc2)C1=O. The predicted octanol–water partition coefficient (Wildman–Crippen LogP) is 1.12. The highest BCUT2D eigenvalue weighted by molar-refractivity contribution is 6.10. The first-order chi connectivity index (χ1) is 11.4. The number of imide groups is 2. The number of ether oxygens (including phenoxy) is 1. The summed E-state index contributed by atoms with van der Waals surface area (Å²) in [7, 11) is 0. The summed E-state index contributed by atoms with van der Waals surface area (Å²) in [6.07, 6.45) is -0.586. The van der Waals surface area contributed by atoms with Crippen molar-refractivity contribution in [3.8, 4) is 0 Å². The molecule has 0 bridgehead atoms. The van der Waals surface area contributed by atoms with E-state index in [4.69, 9.17) is 0 Å². The zero-order valence-electron chi connectivity index (χ0n) is 13.5. The summed E-state index contributed by atoms with van der Waals surface area (Å²) in [4.78, 5) is 48.8. The molecule has 0 saturated carbocycles. The molecule has 1 atom stereocenters. The Morgan fingerprint density at radius 2 is 1.88 bits per heavy atom. The number of carbonyl (C=O) groups is 4. The van der Waals surface area contributed by atoms with Crippen LogP contribution in [-0.2, 0) is 19.9 Å². The van der Waals surface area contributed by atoms with Crippen molar-refractivity contribution in [2.75, 3.05) is 13.2 Å². The van der Waals surface area contributed by atoms with E-state index in [-0.39, 0.29) is 6.61 Å². The molecule has 8 heteroatoms. The topological polar surface area (TPSA) is 105 Å².